The highest BCUT2D eigenvalue weighted by molar-refractivity contribution is 5.94. The van der Waals surface area contributed by atoms with Crippen molar-refractivity contribution in [3.63, 3.8) is 0 Å². The minimum absolute atomic E-state index is 0.0820. The largest absolute Gasteiger partial charge is 0.349 e. The summed E-state index contributed by atoms with van der Waals surface area (Å²) in [7, 11) is 0. The summed E-state index contributed by atoms with van der Waals surface area (Å²) in [5.74, 6) is -3.87. The minimum atomic E-state index is -1.27. The lowest BCUT2D eigenvalue weighted by Crippen LogP contribution is -2.37. The van der Waals surface area contributed by atoms with Gasteiger partial charge in [-0.15, -0.1) is 0 Å². The van der Waals surface area contributed by atoms with Crippen molar-refractivity contribution in [2.24, 2.45) is 0 Å². The molecule has 1 heterocycles. The van der Waals surface area contributed by atoms with Crippen LogP contribution in [0.25, 0.3) is 0 Å². The first-order valence-electron chi connectivity index (χ1n) is 8.14. The summed E-state index contributed by atoms with van der Waals surface area (Å²) in [5.41, 5.74) is -1.60. The summed E-state index contributed by atoms with van der Waals surface area (Å²) in [6.45, 7) is 0.399. The average molecular weight is 356 g/mol. The van der Waals surface area contributed by atoms with Crippen molar-refractivity contribution in [2.45, 2.75) is 44.0 Å². The third kappa shape index (κ3) is 3.77. The second-order valence-electron chi connectivity index (χ2n) is 6.27. The van der Waals surface area contributed by atoms with Crippen LogP contribution >= 0.6 is 0 Å². The molecule has 25 heavy (non-hydrogen) atoms. The SMILES string of the molecule is O=C(NCC1COC2(CCCCC2)O1)c1cc(F)c([N+](=O)[O-])cc1F. The van der Waals surface area contributed by atoms with Crippen LogP contribution in [0, 0.1) is 21.7 Å². The van der Waals surface area contributed by atoms with Gasteiger partial charge in [-0.05, 0) is 18.9 Å². The zero-order chi connectivity index (χ0) is 18.0. The number of carbonyl (C=O) groups excluding carboxylic acids is 1. The van der Waals surface area contributed by atoms with Crippen LogP contribution in [0.1, 0.15) is 42.5 Å². The average Bonchev–Trinajstić information content (AvgIpc) is 2.97. The molecule has 1 saturated heterocycles. The molecule has 1 aliphatic carbocycles. The van der Waals surface area contributed by atoms with E-state index >= 15 is 0 Å². The number of nitrogens with zero attached hydrogens (tertiary/aromatic N) is 1. The van der Waals surface area contributed by atoms with Crippen LogP contribution in [-0.4, -0.2) is 35.9 Å². The zero-order valence-corrected chi connectivity index (χ0v) is 13.4. The van der Waals surface area contributed by atoms with Gasteiger partial charge in [0.1, 0.15) is 11.9 Å². The van der Waals surface area contributed by atoms with Gasteiger partial charge in [-0.1, -0.05) is 6.42 Å². The minimum Gasteiger partial charge on any atom is -0.349 e. The van der Waals surface area contributed by atoms with E-state index in [9.17, 15) is 23.7 Å². The number of ether oxygens (including phenoxy) is 2. The topological polar surface area (TPSA) is 90.7 Å². The second kappa shape index (κ2) is 7.01. The van der Waals surface area contributed by atoms with E-state index in [1.165, 1.54) is 0 Å². The van der Waals surface area contributed by atoms with Crippen molar-refractivity contribution >= 4 is 11.6 Å². The molecular formula is C16H18F2N2O5. The van der Waals surface area contributed by atoms with Crippen LogP contribution in [0.3, 0.4) is 0 Å². The van der Waals surface area contributed by atoms with Gasteiger partial charge < -0.3 is 14.8 Å². The molecule has 1 spiro atoms. The number of hydrogen-bond acceptors (Lipinski definition) is 5. The first-order chi connectivity index (χ1) is 11.9. The molecule has 9 heteroatoms. The fourth-order valence-electron chi connectivity index (χ4n) is 3.22. The predicted molar refractivity (Wildman–Crippen MR) is 82.0 cm³/mol. The Labute approximate surface area is 142 Å². The van der Waals surface area contributed by atoms with E-state index in [0.29, 0.717) is 18.7 Å². The van der Waals surface area contributed by atoms with Crippen LogP contribution in [0.2, 0.25) is 0 Å². The summed E-state index contributed by atoms with van der Waals surface area (Å²) >= 11 is 0. The van der Waals surface area contributed by atoms with Crippen LogP contribution in [0.15, 0.2) is 12.1 Å². The molecule has 136 valence electrons. The molecule has 1 aromatic rings. The summed E-state index contributed by atoms with van der Waals surface area (Å²) in [6.07, 6.45) is 4.42. The monoisotopic (exact) mass is 356 g/mol. The number of nitro benzene ring substituents is 1. The van der Waals surface area contributed by atoms with Gasteiger partial charge >= 0.3 is 5.69 Å². The molecule has 1 saturated carbocycles. The molecule has 1 N–H and O–H groups in total. The van der Waals surface area contributed by atoms with Gasteiger partial charge in [0, 0.05) is 19.4 Å². The van der Waals surface area contributed by atoms with Gasteiger partial charge in [-0.2, -0.15) is 4.39 Å². The van der Waals surface area contributed by atoms with Gasteiger partial charge in [-0.3, -0.25) is 14.9 Å². The number of nitro groups is 1. The third-order valence-electron chi connectivity index (χ3n) is 4.50. The summed E-state index contributed by atoms with van der Waals surface area (Å²) in [4.78, 5) is 21.6. The fourth-order valence-corrected chi connectivity index (χ4v) is 3.22. The van der Waals surface area contributed by atoms with Gasteiger partial charge in [0.15, 0.2) is 5.79 Å². The first kappa shape index (κ1) is 17.7. The van der Waals surface area contributed by atoms with Crippen molar-refractivity contribution in [3.8, 4) is 0 Å². The molecule has 1 aromatic carbocycles. The fraction of sp³-hybridized carbons (Fsp3) is 0.562. The molecule has 7 nitrogen and oxygen atoms in total. The zero-order valence-electron chi connectivity index (χ0n) is 13.4. The lowest BCUT2D eigenvalue weighted by atomic mass is 9.94. The number of carbonyl (C=O) groups is 1. The Morgan fingerprint density at radius 2 is 2.00 bits per heavy atom. The standard InChI is InChI=1S/C16H18F2N2O5/c17-12-7-14(20(22)23)13(18)6-11(12)15(21)19-8-10-9-24-16(25-10)4-2-1-3-5-16/h6-7,10H,1-5,8-9H2,(H,19,21). The maximum absolute atomic E-state index is 13.8. The Morgan fingerprint density at radius 3 is 2.68 bits per heavy atom. The molecule has 1 atom stereocenters. The summed E-state index contributed by atoms with van der Waals surface area (Å²) < 4.78 is 39.0. The van der Waals surface area contributed by atoms with Crippen molar-refractivity contribution in [1.29, 1.82) is 0 Å². The van der Waals surface area contributed by atoms with Gasteiger partial charge in [0.25, 0.3) is 5.91 Å². The predicted octanol–water partition coefficient (Wildman–Crippen LogP) is 2.68. The summed E-state index contributed by atoms with van der Waals surface area (Å²) in [6, 6.07) is 0.924. The lowest BCUT2D eigenvalue weighted by Gasteiger charge is -2.31. The Balaban J connectivity index is 1.60. The quantitative estimate of drug-likeness (QED) is 0.662. The van der Waals surface area contributed by atoms with Crippen molar-refractivity contribution < 1.29 is 28.0 Å². The maximum Gasteiger partial charge on any atom is 0.307 e. The van der Waals surface area contributed by atoms with Crippen LogP contribution in [0.5, 0.6) is 0 Å². The molecule has 1 unspecified atom stereocenters. The maximum atomic E-state index is 13.8. The van der Waals surface area contributed by atoms with E-state index in [0.717, 1.165) is 32.1 Å². The van der Waals surface area contributed by atoms with E-state index in [4.69, 9.17) is 9.47 Å². The normalized spacial score (nSPS) is 22.1. The van der Waals surface area contributed by atoms with Crippen LogP contribution < -0.4 is 5.32 Å². The van der Waals surface area contributed by atoms with Gasteiger partial charge in [-0.25, -0.2) is 4.39 Å². The van der Waals surface area contributed by atoms with E-state index in [2.05, 4.69) is 5.32 Å². The van der Waals surface area contributed by atoms with Crippen molar-refractivity contribution in [2.75, 3.05) is 13.2 Å². The van der Waals surface area contributed by atoms with Crippen molar-refractivity contribution in [3.05, 3.63) is 39.4 Å². The Bertz CT molecular complexity index is 691. The Kier molecular flexibility index (Phi) is 4.96. The Hall–Kier alpha value is -2.13. The van der Waals surface area contributed by atoms with E-state index < -0.39 is 39.5 Å². The van der Waals surface area contributed by atoms with Crippen molar-refractivity contribution in [1.82, 2.24) is 5.32 Å². The highest BCUT2D eigenvalue weighted by Gasteiger charge is 2.42. The number of halogens is 2. The van der Waals surface area contributed by atoms with E-state index in [1.807, 2.05) is 0 Å². The number of amides is 1. The Morgan fingerprint density at radius 1 is 1.28 bits per heavy atom. The smallest absolute Gasteiger partial charge is 0.307 e. The number of benzene rings is 1. The molecule has 0 aromatic heterocycles. The molecule has 2 aliphatic rings. The highest BCUT2D eigenvalue weighted by Crippen LogP contribution is 2.37. The summed E-state index contributed by atoms with van der Waals surface area (Å²) in [5, 5.41) is 13.0. The van der Waals surface area contributed by atoms with Gasteiger partial charge in [0.05, 0.1) is 23.2 Å². The first-order valence-corrected chi connectivity index (χ1v) is 8.14. The molecule has 3 rings (SSSR count). The van der Waals surface area contributed by atoms with E-state index in [1.54, 1.807) is 0 Å². The highest BCUT2D eigenvalue weighted by atomic mass is 19.1. The molecule has 1 aliphatic heterocycles. The second-order valence-corrected chi connectivity index (χ2v) is 6.27. The van der Waals surface area contributed by atoms with Gasteiger partial charge in [0.2, 0.25) is 5.82 Å². The number of rotatable bonds is 4. The van der Waals surface area contributed by atoms with Crippen LogP contribution in [0.4, 0.5) is 14.5 Å². The molecule has 1 amide bonds. The molecule has 0 radical (unpaired) electrons. The van der Waals surface area contributed by atoms with Crippen LogP contribution in [-0.2, 0) is 9.47 Å². The number of nitrogens with one attached hydrogen (secondary N) is 1. The third-order valence-corrected chi connectivity index (χ3v) is 4.50. The molecular weight excluding hydrogens is 338 g/mol. The lowest BCUT2D eigenvalue weighted by molar-refractivity contribution is -0.387. The number of hydrogen-bond donors (Lipinski definition) is 1. The molecule has 0 bridgehead atoms. The van der Waals surface area contributed by atoms with E-state index in [-0.39, 0.29) is 12.6 Å². The molecule has 2 fully saturated rings.